The van der Waals surface area contributed by atoms with Gasteiger partial charge in [0.05, 0.1) is 18.4 Å². The number of hydrogen-bond donors (Lipinski definition) is 4. The summed E-state index contributed by atoms with van der Waals surface area (Å²) in [5, 5.41) is 31.8. The minimum atomic E-state index is -1.24. The Morgan fingerprint density at radius 1 is 1.39 bits per heavy atom. The van der Waals surface area contributed by atoms with Crippen molar-refractivity contribution in [3.8, 4) is 0 Å². The van der Waals surface area contributed by atoms with Gasteiger partial charge in [-0.05, 0) is 18.9 Å². The summed E-state index contributed by atoms with van der Waals surface area (Å²) in [6.45, 7) is 0. The molecule has 0 radical (unpaired) electrons. The van der Waals surface area contributed by atoms with Crippen LogP contribution in [-0.4, -0.2) is 70.3 Å². The van der Waals surface area contributed by atoms with Crippen LogP contribution in [0, 0.1) is 0 Å². The van der Waals surface area contributed by atoms with Crippen LogP contribution in [0.5, 0.6) is 0 Å². The number of oxime groups is 1. The maximum atomic E-state index is 12.7. The largest absolute Gasteiger partial charge is 0.477 e. The molecule has 4 heterocycles. The van der Waals surface area contributed by atoms with Gasteiger partial charge in [-0.2, -0.15) is 19.6 Å². The molecule has 2 atom stereocenters. The second-order valence-corrected chi connectivity index (χ2v) is 8.38. The van der Waals surface area contributed by atoms with Gasteiger partial charge in [0.1, 0.15) is 11.7 Å². The van der Waals surface area contributed by atoms with Crippen LogP contribution in [0.1, 0.15) is 18.7 Å². The van der Waals surface area contributed by atoms with Gasteiger partial charge in [0.25, 0.3) is 11.8 Å². The summed E-state index contributed by atoms with van der Waals surface area (Å²) in [5.41, 5.74) is 4.86. The van der Waals surface area contributed by atoms with Gasteiger partial charge in [-0.15, -0.1) is 0 Å². The molecule has 0 aliphatic carbocycles. The van der Waals surface area contributed by atoms with E-state index in [4.69, 9.17) is 10.9 Å². The number of aliphatic carboxylic acids is 1. The number of rotatable bonds is 6. The number of amides is 2. The predicted octanol–water partition coefficient (Wildman–Crippen LogP) is -0.333. The Hall–Kier alpha value is -3.59. The number of carbonyl (C=O) groups is 3. The molecule has 2 aromatic rings. The number of anilines is 1. The zero-order valence-corrected chi connectivity index (χ0v) is 17.1. The molecule has 1 saturated heterocycles. The number of carboxylic acid groups (broad SMARTS) is 1. The fourth-order valence-corrected chi connectivity index (χ4v) is 4.79. The Kier molecular flexibility index (Phi) is 5.51. The molecule has 2 aliphatic rings. The highest BCUT2D eigenvalue weighted by Gasteiger charge is 2.53. The van der Waals surface area contributed by atoms with Crippen LogP contribution in [0.3, 0.4) is 0 Å². The zero-order valence-electron chi connectivity index (χ0n) is 15.5. The minimum absolute atomic E-state index is 0.0767. The molecule has 13 nitrogen and oxygen atoms in total. The lowest BCUT2D eigenvalue weighted by Gasteiger charge is -2.50. The molecule has 1 fully saturated rings. The fourth-order valence-electron chi connectivity index (χ4n) is 3.34. The van der Waals surface area contributed by atoms with Gasteiger partial charge in [0, 0.05) is 21.3 Å². The fraction of sp³-hybridized carbons (Fsp3) is 0.250. The number of carbonyl (C=O) groups excluding carboxylic acids is 2. The number of β-lactam (4-membered cyclic amide) rings is 1. The van der Waals surface area contributed by atoms with Crippen molar-refractivity contribution in [2.24, 2.45) is 5.16 Å². The van der Waals surface area contributed by atoms with Crippen LogP contribution in [0.4, 0.5) is 5.13 Å². The average Bonchev–Trinajstić information content (AvgIpc) is 3.18. The number of aromatic nitrogens is 4. The van der Waals surface area contributed by atoms with E-state index in [1.54, 1.807) is 6.07 Å². The number of carboxylic acids is 1. The summed E-state index contributed by atoms with van der Waals surface area (Å²) < 4.78 is 3.81. The van der Waals surface area contributed by atoms with E-state index in [9.17, 15) is 19.5 Å². The number of allylic oxidation sites excluding steroid dienone is 1. The third kappa shape index (κ3) is 3.79. The molecule has 15 heteroatoms. The molecule has 160 valence electrons. The second kappa shape index (κ2) is 8.27. The first kappa shape index (κ1) is 20.7. The van der Waals surface area contributed by atoms with E-state index < -0.39 is 35.6 Å². The van der Waals surface area contributed by atoms with Crippen LogP contribution < -0.4 is 11.1 Å². The third-order valence-corrected chi connectivity index (χ3v) is 6.31. The summed E-state index contributed by atoms with van der Waals surface area (Å²) in [6.07, 6.45) is 3.81. The number of fused-ring (bicyclic) bond motifs is 1. The molecule has 5 N–H and O–H groups in total. The number of thioether (sulfide) groups is 1. The Balaban J connectivity index is 1.52. The monoisotopic (exact) mass is 462 g/mol. The lowest BCUT2D eigenvalue weighted by molar-refractivity contribution is -0.155. The van der Waals surface area contributed by atoms with E-state index >= 15 is 0 Å². The number of nitrogens with zero attached hydrogens (tertiary/aromatic N) is 6. The molecule has 2 aromatic heterocycles. The summed E-state index contributed by atoms with van der Waals surface area (Å²) in [6, 6.07) is 0.172. The smallest absolute Gasteiger partial charge is 0.353 e. The molecule has 0 aromatic carbocycles. The Bertz CT molecular complexity index is 1120. The summed E-state index contributed by atoms with van der Waals surface area (Å²) in [5.74, 6) is -2.87. The summed E-state index contributed by atoms with van der Waals surface area (Å²) >= 11 is 2.02. The standard InChI is InChI=1S/C16H14N8O5S2/c17-16-21-12(23-31-16)10(22-29)13(25)20-9-7-1-2-8(30-6-3-4-18-19-5-6)11(15(27)28)24(7)14(9)26/h3-5,7,9,29H,1-2H2,(H,20,25)(H,27,28)(H2,17,21,23)/b22-10-/t7?,9-/m0/s1. The van der Waals surface area contributed by atoms with Gasteiger partial charge in [-0.25, -0.2) is 4.79 Å². The first-order valence-corrected chi connectivity index (χ1v) is 10.4. The Morgan fingerprint density at radius 3 is 2.81 bits per heavy atom. The molecule has 0 saturated carbocycles. The van der Waals surface area contributed by atoms with E-state index in [0.29, 0.717) is 22.6 Å². The maximum absolute atomic E-state index is 12.7. The van der Waals surface area contributed by atoms with E-state index in [-0.39, 0.29) is 16.7 Å². The van der Waals surface area contributed by atoms with Crippen LogP contribution in [0.25, 0.3) is 0 Å². The average molecular weight is 462 g/mol. The number of nitrogens with one attached hydrogen (secondary N) is 1. The van der Waals surface area contributed by atoms with Gasteiger partial charge in [0.15, 0.2) is 5.13 Å². The van der Waals surface area contributed by atoms with Gasteiger partial charge >= 0.3 is 5.97 Å². The molecule has 0 spiro atoms. The van der Waals surface area contributed by atoms with Gasteiger partial charge in [-0.3, -0.25) is 14.5 Å². The highest BCUT2D eigenvalue weighted by Crippen LogP contribution is 2.42. The van der Waals surface area contributed by atoms with Crippen molar-refractivity contribution in [2.45, 2.75) is 29.8 Å². The van der Waals surface area contributed by atoms with Crippen molar-refractivity contribution in [1.29, 1.82) is 0 Å². The molecule has 4 rings (SSSR count). The van der Waals surface area contributed by atoms with Crippen molar-refractivity contribution in [3.63, 3.8) is 0 Å². The lowest BCUT2D eigenvalue weighted by Crippen LogP contribution is -2.72. The number of hydrogen-bond acceptors (Lipinski definition) is 12. The van der Waals surface area contributed by atoms with Crippen molar-refractivity contribution < 1.29 is 24.7 Å². The summed E-state index contributed by atoms with van der Waals surface area (Å²) in [7, 11) is 0. The first-order chi connectivity index (χ1) is 14.9. The highest BCUT2D eigenvalue weighted by atomic mass is 32.2. The van der Waals surface area contributed by atoms with E-state index in [1.165, 1.54) is 29.1 Å². The number of nitrogens with two attached hydrogens (primary N) is 1. The summed E-state index contributed by atoms with van der Waals surface area (Å²) in [4.78, 5) is 43.3. The second-order valence-electron chi connectivity index (χ2n) is 6.43. The van der Waals surface area contributed by atoms with E-state index in [1.807, 2.05) is 0 Å². The Morgan fingerprint density at radius 2 is 2.19 bits per heavy atom. The normalized spacial score (nSPS) is 20.8. The van der Waals surface area contributed by atoms with Crippen molar-refractivity contribution in [2.75, 3.05) is 5.73 Å². The third-order valence-electron chi connectivity index (χ3n) is 4.65. The van der Waals surface area contributed by atoms with Crippen molar-refractivity contribution in [3.05, 3.63) is 34.9 Å². The SMILES string of the molecule is Nc1nc(/C(=N/O)C(=O)N[C@@H]2C(=O)N3C(C(=O)O)=C(Sc4ccnnc4)CCC23)ns1. The molecular formula is C16H14N8O5S2. The van der Waals surface area contributed by atoms with Gasteiger partial charge in [-0.1, -0.05) is 16.9 Å². The van der Waals surface area contributed by atoms with E-state index in [0.717, 1.165) is 11.5 Å². The minimum Gasteiger partial charge on any atom is -0.477 e. The molecular weight excluding hydrogens is 448 g/mol. The van der Waals surface area contributed by atoms with Crippen LogP contribution >= 0.6 is 23.3 Å². The van der Waals surface area contributed by atoms with Crippen molar-refractivity contribution in [1.82, 2.24) is 29.8 Å². The zero-order chi connectivity index (χ0) is 22.1. The Labute approximate surface area is 182 Å². The van der Waals surface area contributed by atoms with Crippen LogP contribution in [-0.2, 0) is 14.4 Å². The number of nitrogen functional groups attached to an aromatic ring is 1. The van der Waals surface area contributed by atoms with Gasteiger partial charge < -0.3 is 21.4 Å². The molecule has 31 heavy (non-hydrogen) atoms. The van der Waals surface area contributed by atoms with Crippen molar-refractivity contribution >= 4 is 51.9 Å². The predicted molar refractivity (Wildman–Crippen MR) is 107 cm³/mol. The van der Waals surface area contributed by atoms with E-state index in [2.05, 4.69) is 30.0 Å². The van der Waals surface area contributed by atoms with Gasteiger partial charge in [0.2, 0.25) is 11.5 Å². The maximum Gasteiger partial charge on any atom is 0.353 e. The molecule has 0 bridgehead atoms. The van der Waals surface area contributed by atoms with Crippen LogP contribution in [0.15, 0.2) is 39.1 Å². The molecule has 1 unspecified atom stereocenters. The topological polar surface area (TPSA) is 197 Å². The van der Waals surface area contributed by atoms with Crippen LogP contribution in [0.2, 0.25) is 0 Å². The quantitative estimate of drug-likeness (QED) is 0.190. The highest BCUT2D eigenvalue weighted by molar-refractivity contribution is 8.03. The molecule has 2 amide bonds. The lowest BCUT2D eigenvalue weighted by atomic mass is 9.86. The first-order valence-electron chi connectivity index (χ1n) is 8.77. The molecule has 2 aliphatic heterocycles.